The monoisotopic (exact) mass is 532 g/mol. The van der Waals surface area contributed by atoms with Gasteiger partial charge < -0.3 is 22.6 Å². The predicted octanol–water partition coefficient (Wildman–Crippen LogP) is 6.29. The van der Waals surface area contributed by atoms with E-state index >= 15 is 0 Å². The zero-order valence-electron chi connectivity index (χ0n) is 17.3. The highest BCUT2D eigenvalue weighted by molar-refractivity contribution is 14.1. The van der Waals surface area contributed by atoms with E-state index in [2.05, 4.69) is 22.6 Å². The van der Waals surface area contributed by atoms with Crippen molar-refractivity contribution in [3.63, 3.8) is 0 Å². The first kappa shape index (κ1) is 25.3. The summed E-state index contributed by atoms with van der Waals surface area (Å²) in [5.41, 5.74) is 0.681. The summed E-state index contributed by atoms with van der Waals surface area (Å²) < 4.78 is 44.2. The quantitative estimate of drug-likeness (QED) is 0.261. The molecule has 0 atom stereocenters. The minimum Gasteiger partial charge on any atom is -0.314 e. The van der Waals surface area contributed by atoms with Crippen LogP contribution in [0.15, 0.2) is 24.3 Å². The molecule has 0 saturated carbocycles. The van der Waals surface area contributed by atoms with Crippen LogP contribution in [-0.2, 0) is 27.2 Å². The lowest BCUT2D eigenvalue weighted by atomic mass is 10.2. The zero-order chi connectivity index (χ0) is 20.8. The van der Waals surface area contributed by atoms with Crippen molar-refractivity contribution in [1.82, 2.24) is 0 Å². The van der Waals surface area contributed by atoms with Crippen molar-refractivity contribution in [2.24, 2.45) is 0 Å². The van der Waals surface area contributed by atoms with Crippen LogP contribution >= 0.6 is 37.8 Å². The van der Waals surface area contributed by atoms with Crippen LogP contribution in [0, 0.1) is 3.57 Å². The Bertz CT molecular complexity index is 676. The average molecular weight is 532 g/mol. The highest BCUT2D eigenvalue weighted by Crippen LogP contribution is 2.67. The number of hydrogen-bond donors (Lipinski definition) is 0. The molecular formula is C18H31IO6P2. The minimum atomic E-state index is -3.74. The van der Waals surface area contributed by atoms with Gasteiger partial charge in [0.2, 0.25) is 0 Å². The Labute approximate surface area is 177 Å². The lowest BCUT2D eigenvalue weighted by Gasteiger charge is -2.35. The van der Waals surface area contributed by atoms with E-state index in [4.69, 9.17) is 22.6 Å². The van der Waals surface area contributed by atoms with Crippen molar-refractivity contribution >= 4 is 42.8 Å². The Morgan fingerprint density at radius 2 is 1.26 bits per heavy atom. The number of halogens is 1. The van der Waals surface area contributed by atoms with Gasteiger partial charge in [-0.15, -0.1) is 0 Å². The van der Waals surface area contributed by atoms with Gasteiger partial charge in [0.05, 0.1) is 18.3 Å². The largest absolute Gasteiger partial charge is 0.368 e. The van der Waals surface area contributed by atoms with Gasteiger partial charge in [0.1, 0.15) is 5.03 Å². The summed E-state index contributed by atoms with van der Waals surface area (Å²) in [6.45, 7) is 11.3. The maximum Gasteiger partial charge on any atom is 0.368 e. The Kier molecular flexibility index (Phi) is 10.2. The summed E-state index contributed by atoms with van der Waals surface area (Å²) in [6.07, 6.45) is -0.682. The Hall–Kier alpha value is 0.280. The van der Waals surface area contributed by atoms with Crippen molar-refractivity contribution in [2.75, 3.05) is 14.2 Å². The number of benzene rings is 1. The minimum absolute atomic E-state index is 0.227. The van der Waals surface area contributed by atoms with Gasteiger partial charge in [0.15, 0.2) is 0 Å². The molecule has 0 bridgehead atoms. The molecule has 1 rings (SSSR count). The van der Waals surface area contributed by atoms with E-state index in [1.54, 1.807) is 0 Å². The average Bonchev–Trinajstić information content (AvgIpc) is 2.54. The molecule has 0 aliphatic rings. The molecule has 1 aromatic carbocycles. The molecule has 0 heterocycles. The Balaban J connectivity index is 4.10. The maximum absolute atomic E-state index is 13.7. The zero-order valence-corrected chi connectivity index (χ0v) is 21.2. The molecule has 0 amide bonds. The molecule has 0 aromatic heterocycles. The molecule has 0 radical (unpaired) electrons. The van der Waals surface area contributed by atoms with Crippen LogP contribution in [0.5, 0.6) is 0 Å². The van der Waals surface area contributed by atoms with Crippen LogP contribution in [0.2, 0.25) is 0 Å². The third-order valence-electron chi connectivity index (χ3n) is 3.16. The number of rotatable bonds is 10. The normalized spacial score (nSPS) is 13.0. The molecule has 6 nitrogen and oxygen atoms in total. The molecule has 27 heavy (non-hydrogen) atoms. The van der Waals surface area contributed by atoms with Crippen LogP contribution in [0.3, 0.4) is 0 Å². The fraction of sp³-hybridized carbons (Fsp3) is 0.611. The summed E-state index contributed by atoms with van der Waals surface area (Å²) >= 11 is 2.19. The highest BCUT2D eigenvalue weighted by Gasteiger charge is 2.44. The molecule has 1 aromatic rings. The third kappa shape index (κ3) is 6.65. The first-order valence-electron chi connectivity index (χ1n) is 8.80. The standard InChI is InChI=1S/C18H31IO6P2/c1-13(2)23-27(24-14(3)4,25-15(5)6)18(26(20,21-7)22-8)16-11-9-10-12-17(16)19/h9-15H,1-8H3. The van der Waals surface area contributed by atoms with E-state index in [0.29, 0.717) is 10.6 Å². The molecule has 0 spiro atoms. The van der Waals surface area contributed by atoms with Crippen molar-refractivity contribution in [3.05, 3.63) is 33.4 Å². The SMILES string of the molecule is COP(=O)(OC)C(c1ccccc1I)=P(OC(C)C)(OC(C)C)OC(C)C. The maximum atomic E-state index is 13.7. The summed E-state index contributed by atoms with van der Waals surface area (Å²) in [7, 11) is -4.31. The topological polar surface area (TPSA) is 63.2 Å². The Morgan fingerprint density at radius 3 is 1.59 bits per heavy atom. The van der Waals surface area contributed by atoms with Crippen LogP contribution in [-0.4, -0.2) is 37.6 Å². The second kappa shape index (κ2) is 10.9. The van der Waals surface area contributed by atoms with E-state index in [9.17, 15) is 4.57 Å². The summed E-state index contributed by atoms with van der Waals surface area (Å²) in [5.74, 6) is 0. The van der Waals surface area contributed by atoms with Gasteiger partial charge in [-0.3, -0.25) is 4.57 Å². The lowest BCUT2D eigenvalue weighted by Crippen LogP contribution is -2.21. The van der Waals surface area contributed by atoms with Crippen LogP contribution < -0.4 is 0 Å². The number of hydrogen-bond acceptors (Lipinski definition) is 6. The molecule has 9 heteroatoms. The second-order valence-corrected chi connectivity index (χ2v) is 12.4. The molecule has 0 N–H and O–H groups in total. The molecule has 156 valence electrons. The lowest BCUT2D eigenvalue weighted by molar-refractivity contribution is 0.0894. The van der Waals surface area contributed by atoms with Crippen molar-refractivity contribution in [2.45, 2.75) is 59.9 Å². The van der Waals surface area contributed by atoms with Crippen LogP contribution in [0.1, 0.15) is 47.1 Å². The predicted molar refractivity (Wildman–Crippen MR) is 120 cm³/mol. The van der Waals surface area contributed by atoms with Gasteiger partial charge in [-0.25, -0.2) is 0 Å². The van der Waals surface area contributed by atoms with E-state index in [-0.39, 0.29) is 18.3 Å². The molecule has 0 aliphatic heterocycles. The smallest absolute Gasteiger partial charge is 0.314 e. The third-order valence-corrected chi connectivity index (χ3v) is 10.2. The second-order valence-electron chi connectivity index (χ2n) is 6.63. The van der Waals surface area contributed by atoms with Crippen molar-refractivity contribution in [1.29, 1.82) is 0 Å². The molecular weight excluding hydrogens is 501 g/mol. The molecule has 0 saturated heterocycles. The van der Waals surface area contributed by atoms with Gasteiger partial charge >= 0.3 is 7.60 Å². The van der Waals surface area contributed by atoms with E-state index in [1.165, 1.54) is 14.2 Å². The van der Waals surface area contributed by atoms with Gasteiger partial charge in [-0.05, 0) is 70.2 Å². The van der Waals surface area contributed by atoms with E-state index in [0.717, 1.165) is 3.57 Å². The summed E-state index contributed by atoms with van der Waals surface area (Å²) in [4.78, 5) is 0. The van der Waals surface area contributed by atoms with Crippen molar-refractivity contribution < 1.29 is 27.2 Å². The van der Waals surface area contributed by atoms with E-state index < -0.39 is 15.2 Å². The fourth-order valence-corrected chi connectivity index (χ4v) is 9.18. The fourth-order valence-electron chi connectivity index (χ4n) is 2.39. The first-order chi connectivity index (χ1) is 12.5. The first-order valence-corrected chi connectivity index (χ1v) is 13.0. The van der Waals surface area contributed by atoms with Gasteiger partial charge in [-0.2, -0.15) is 0 Å². The molecule has 0 fully saturated rings. The van der Waals surface area contributed by atoms with E-state index in [1.807, 2.05) is 65.8 Å². The van der Waals surface area contributed by atoms with Crippen LogP contribution in [0.4, 0.5) is 0 Å². The summed E-state index contributed by atoms with van der Waals surface area (Å²) in [5, 5.41) is 0.307. The summed E-state index contributed by atoms with van der Waals surface area (Å²) in [6, 6.07) is 7.54. The molecule has 0 unspecified atom stereocenters. The Morgan fingerprint density at radius 1 is 0.852 bits per heavy atom. The van der Waals surface area contributed by atoms with Crippen LogP contribution in [0.25, 0.3) is 0 Å². The van der Waals surface area contributed by atoms with Gasteiger partial charge in [0, 0.05) is 23.4 Å². The van der Waals surface area contributed by atoms with Gasteiger partial charge in [0.25, 0.3) is 7.57 Å². The molecule has 0 aliphatic carbocycles. The van der Waals surface area contributed by atoms with Gasteiger partial charge in [-0.1, -0.05) is 18.2 Å². The van der Waals surface area contributed by atoms with Crippen molar-refractivity contribution in [3.8, 4) is 0 Å². The highest BCUT2D eigenvalue weighted by atomic mass is 127.